The number of halogens is 4. The number of methoxy groups -OCH3 is 1. The van der Waals surface area contributed by atoms with Gasteiger partial charge in [-0.2, -0.15) is 0 Å². The van der Waals surface area contributed by atoms with Crippen LogP contribution in [0.1, 0.15) is 11.1 Å². The molecule has 7 heteroatoms. The van der Waals surface area contributed by atoms with E-state index in [1.807, 2.05) is 54.6 Å². The van der Waals surface area contributed by atoms with E-state index in [0.717, 1.165) is 5.56 Å². The van der Waals surface area contributed by atoms with Crippen molar-refractivity contribution in [3.63, 3.8) is 0 Å². The summed E-state index contributed by atoms with van der Waals surface area (Å²) in [5.41, 5.74) is 1.44. The highest BCUT2D eigenvalue weighted by atomic mass is 35.5. The third-order valence-electron chi connectivity index (χ3n) is 4.28. The van der Waals surface area contributed by atoms with Gasteiger partial charge in [0.15, 0.2) is 11.5 Å². The second-order valence-electron chi connectivity index (χ2n) is 5.83. The molecule has 0 aromatic heterocycles. The fourth-order valence-electron chi connectivity index (χ4n) is 2.97. The van der Waals surface area contributed by atoms with Gasteiger partial charge in [-0.25, -0.2) is 0 Å². The average Bonchev–Trinajstić information content (AvgIpc) is 3.14. The fourth-order valence-corrected chi connectivity index (χ4v) is 3.86. The molecule has 0 spiro atoms. The minimum Gasteiger partial charge on any atom is -0.497 e. The molecule has 0 fully saturated rings. The van der Waals surface area contributed by atoms with Crippen LogP contribution >= 0.6 is 46.4 Å². The largest absolute Gasteiger partial charge is 0.497 e. The molecule has 3 nitrogen and oxygen atoms in total. The Bertz CT molecular complexity index is 984. The SMILES string of the molecule is COc1cccc(C2(c3ccccc3)Oc3c(Cl)c(Cl)c(Cl)c(Cl)c3O2)c1. The molecule has 1 aliphatic heterocycles. The topological polar surface area (TPSA) is 27.7 Å². The number of fused-ring (bicyclic) bond motifs is 1. The van der Waals surface area contributed by atoms with Gasteiger partial charge in [0, 0.05) is 11.1 Å². The van der Waals surface area contributed by atoms with Gasteiger partial charge >= 0.3 is 5.79 Å². The molecule has 0 saturated carbocycles. The molecule has 0 radical (unpaired) electrons. The molecule has 0 saturated heterocycles. The predicted molar refractivity (Wildman–Crippen MR) is 108 cm³/mol. The first kappa shape index (κ1) is 18.6. The Morgan fingerprint density at radius 3 is 1.81 bits per heavy atom. The second-order valence-corrected chi connectivity index (χ2v) is 7.34. The van der Waals surface area contributed by atoms with Gasteiger partial charge in [-0.15, -0.1) is 0 Å². The average molecular weight is 442 g/mol. The smallest absolute Gasteiger partial charge is 0.305 e. The zero-order valence-electron chi connectivity index (χ0n) is 13.9. The summed E-state index contributed by atoms with van der Waals surface area (Å²) in [6, 6.07) is 16.8. The molecule has 138 valence electrons. The van der Waals surface area contributed by atoms with E-state index < -0.39 is 5.79 Å². The molecule has 1 aliphatic rings. The Morgan fingerprint density at radius 1 is 0.704 bits per heavy atom. The summed E-state index contributed by atoms with van der Waals surface area (Å²) in [6.07, 6.45) is 0. The van der Waals surface area contributed by atoms with Crippen LogP contribution in [0.5, 0.6) is 17.2 Å². The molecule has 3 aromatic rings. The molecular weight excluding hydrogens is 430 g/mol. The quantitative estimate of drug-likeness (QED) is 0.324. The minimum atomic E-state index is -1.32. The van der Waals surface area contributed by atoms with Crippen LogP contribution in [0.15, 0.2) is 54.6 Å². The van der Waals surface area contributed by atoms with E-state index in [2.05, 4.69) is 0 Å². The summed E-state index contributed by atoms with van der Waals surface area (Å²) in [7, 11) is 1.59. The van der Waals surface area contributed by atoms with Crippen molar-refractivity contribution in [3.05, 3.63) is 85.8 Å². The summed E-state index contributed by atoms with van der Waals surface area (Å²) in [5.74, 6) is -0.191. The lowest BCUT2D eigenvalue weighted by Gasteiger charge is -2.29. The van der Waals surface area contributed by atoms with Gasteiger partial charge in [-0.1, -0.05) is 88.9 Å². The highest BCUT2D eigenvalue weighted by Gasteiger charge is 2.48. The lowest BCUT2D eigenvalue weighted by Crippen LogP contribution is -2.36. The Labute approximate surface area is 176 Å². The van der Waals surface area contributed by atoms with E-state index in [4.69, 9.17) is 60.6 Å². The van der Waals surface area contributed by atoms with Crippen LogP contribution in [0, 0.1) is 0 Å². The molecule has 27 heavy (non-hydrogen) atoms. The van der Waals surface area contributed by atoms with Gasteiger partial charge < -0.3 is 14.2 Å². The zero-order chi connectivity index (χ0) is 19.2. The van der Waals surface area contributed by atoms with Crippen LogP contribution in [0.25, 0.3) is 0 Å². The number of hydrogen-bond acceptors (Lipinski definition) is 3. The van der Waals surface area contributed by atoms with E-state index >= 15 is 0 Å². The van der Waals surface area contributed by atoms with Crippen LogP contribution < -0.4 is 14.2 Å². The summed E-state index contributed by atoms with van der Waals surface area (Å²) < 4.78 is 17.9. The predicted octanol–water partition coefficient (Wildman–Crippen LogP) is 6.98. The molecule has 0 atom stereocenters. The molecular formula is C20H12Cl4O3. The van der Waals surface area contributed by atoms with Crippen molar-refractivity contribution in [2.45, 2.75) is 5.79 Å². The number of ether oxygens (including phenoxy) is 3. The molecule has 0 amide bonds. The molecule has 0 N–H and O–H groups in total. The Kier molecular flexibility index (Phi) is 4.81. The van der Waals surface area contributed by atoms with E-state index in [1.54, 1.807) is 7.11 Å². The van der Waals surface area contributed by atoms with Gasteiger partial charge in [0.25, 0.3) is 0 Å². The molecule has 0 unspecified atom stereocenters. The van der Waals surface area contributed by atoms with Gasteiger partial charge in [0.05, 0.1) is 17.2 Å². The van der Waals surface area contributed by atoms with Crippen LogP contribution in [0.2, 0.25) is 20.1 Å². The number of hydrogen-bond donors (Lipinski definition) is 0. The summed E-state index contributed by atoms with van der Waals surface area (Å²) in [6.45, 7) is 0. The number of benzene rings is 3. The van der Waals surface area contributed by atoms with Gasteiger partial charge in [0.2, 0.25) is 0 Å². The lowest BCUT2D eigenvalue weighted by atomic mass is 9.97. The van der Waals surface area contributed by atoms with Crippen LogP contribution in [0.4, 0.5) is 0 Å². The summed E-state index contributed by atoms with van der Waals surface area (Å²) in [5, 5.41) is 0.504. The van der Waals surface area contributed by atoms with E-state index in [0.29, 0.717) is 11.3 Å². The van der Waals surface area contributed by atoms with Crippen LogP contribution in [0.3, 0.4) is 0 Å². The number of rotatable bonds is 3. The van der Waals surface area contributed by atoms with E-state index in [-0.39, 0.29) is 31.6 Å². The van der Waals surface area contributed by atoms with Gasteiger partial charge in [-0.3, -0.25) is 0 Å². The van der Waals surface area contributed by atoms with Crippen molar-refractivity contribution < 1.29 is 14.2 Å². The highest BCUT2D eigenvalue weighted by molar-refractivity contribution is 6.53. The van der Waals surface area contributed by atoms with Crippen LogP contribution in [-0.2, 0) is 5.79 Å². The first-order valence-electron chi connectivity index (χ1n) is 7.92. The molecule has 4 rings (SSSR count). The molecule has 0 bridgehead atoms. The molecule has 3 aromatic carbocycles. The normalized spacial score (nSPS) is 14.3. The summed E-state index contributed by atoms with van der Waals surface area (Å²) >= 11 is 25.1. The van der Waals surface area contributed by atoms with Gasteiger partial charge in [-0.05, 0) is 12.1 Å². The first-order valence-corrected chi connectivity index (χ1v) is 9.43. The van der Waals surface area contributed by atoms with Gasteiger partial charge in [0.1, 0.15) is 15.8 Å². The Balaban J connectivity index is 1.97. The van der Waals surface area contributed by atoms with Crippen molar-refractivity contribution in [1.82, 2.24) is 0 Å². The van der Waals surface area contributed by atoms with Crippen molar-refractivity contribution >= 4 is 46.4 Å². The lowest BCUT2D eigenvalue weighted by molar-refractivity contribution is -0.0459. The van der Waals surface area contributed by atoms with Crippen LogP contribution in [-0.4, -0.2) is 7.11 Å². The molecule has 1 heterocycles. The monoisotopic (exact) mass is 440 g/mol. The summed E-state index contributed by atoms with van der Waals surface area (Å²) in [4.78, 5) is 0. The molecule has 0 aliphatic carbocycles. The van der Waals surface area contributed by atoms with Crippen molar-refractivity contribution in [1.29, 1.82) is 0 Å². The van der Waals surface area contributed by atoms with E-state index in [1.165, 1.54) is 0 Å². The first-order chi connectivity index (χ1) is 13.0. The van der Waals surface area contributed by atoms with Crippen molar-refractivity contribution in [2.75, 3.05) is 7.11 Å². The van der Waals surface area contributed by atoms with E-state index in [9.17, 15) is 0 Å². The van der Waals surface area contributed by atoms with Crippen molar-refractivity contribution in [3.8, 4) is 17.2 Å². The zero-order valence-corrected chi connectivity index (χ0v) is 17.0. The fraction of sp³-hybridized carbons (Fsp3) is 0.100. The Morgan fingerprint density at radius 2 is 1.26 bits per heavy atom. The minimum absolute atomic E-state index is 0.111. The second kappa shape index (κ2) is 6.99. The Hall–Kier alpha value is -1.78. The maximum Gasteiger partial charge on any atom is 0.305 e. The maximum absolute atomic E-state index is 6.37. The van der Waals surface area contributed by atoms with Crippen molar-refractivity contribution in [2.24, 2.45) is 0 Å². The standard InChI is InChI=1S/C20H12Cl4O3/c1-25-13-9-5-8-12(10-13)20(11-6-3-2-4-7-11)26-18-16(23)14(21)15(22)17(24)19(18)27-20/h2-10H,1H3. The third kappa shape index (κ3) is 2.90. The third-order valence-corrected chi connectivity index (χ3v) is 6.05. The highest BCUT2D eigenvalue weighted by Crippen LogP contribution is 2.58. The maximum atomic E-state index is 6.37.